The number of hydrogen-bond donors (Lipinski definition) is 2. The standard InChI is InChI=1S/C27H30Cl2O6.C12H7Cl3O2/c1-15-11-19-18-7-6-16-12-17(30)8-9-24(16,2)26(18,29)21(31)13-25(19,3)27(15,22(32)14-28)35-23(33)20-5-4-10-34-20;13-7-1-3-11(9(15)5-7)17-12-4-2-8(14)6-10(12)16/h4-5,8-10,12,15,18-19,21,31H,6-7,11,13-14H2,1-3H3;1-6,16H/t15-,18+,19+,21+,24+,25+,26+,27+;/m1./s1. The topological polar surface area (TPSA) is 123 Å². The number of fused-ring (bicyclic) bond motifs is 5. The molecule has 3 aromatic rings. The third kappa shape index (κ3) is 6.17. The van der Waals surface area contributed by atoms with Crippen LogP contribution < -0.4 is 4.74 Å². The lowest BCUT2D eigenvalue weighted by molar-refractivity contribution is -0.177. The van der Waals surface area contributed by atoms with Gasteiger partial charge in [-0.1, -0.05) is 67.2 Å². The molecule has 0 spiro atoms. The second kappa shape index (κ2) is 14.3. The highest BCUT2D eigenvalue weighted by Gasteiger charge is 2.76. The molecular formula is C39H37Cl5O8. The van der Waals surface area contributed by atoms with Gasteiger partial charge in [0.15, 0.2) is 28.7 Å². The minimum Gasteiger partial charge on any atom is -0.504 e. The summed E-state index contributed by atoms with van der Waals surface area (Å²) in [6, 6.07) is 12.5. The highest BCUT2D eigenvalue weighted by molar-refractivity contribution is 6.35. The van der Waals surface area contributed by atoms with Gasteiger partial charge in [-0.25, -0.2) is 4.79 Å². The van der Waals surface area contributed by atoms with E-state index in [1.165, 1.54) is 24.5 Å². The molecule has 1 aromatic heterocycles. The number of carbonyl (C=O) groups excluding carboxylic acids is 3. The van der Waals surface area contributed by atoms with E-state index in [1.807, 2.05) is 26.8 Å². The van der Waals surface area contributed by atoms with E-state index in [0.29, 0.717) is 40.1 Å². The van der Waals surface area contributed by atoms with Crippen molar-refractivity contribution in [3.63, 3.8) is 0 Å². The summed E-state index contributed by atoms with van der Waals surface area (Å²) in [5, 5.41) is 22.7. The molecular weight excluding hydrogens is 774 g/mol. The third-order valence-corrected chi connectivity index (χ3v) is 13.7. The van der Waals surface area contributed by atoms with E-state index in [1.54, 1.807) is 42.5 Å². The molecule has 2 N–H and O–H groups in total. The fourth-order valence-corrected chi connectivity index (χ4v) is 10.7. The number of phenolic OH excluding ortho intramolecular Hbond substituents is 1. The zero-order chi connectivity index (χ0) is 37.8. The van der Waals surface area contributed by atoms with E-state index in [-0.39, 0.29) is 58.9 Å². The van der Waals surface area contributed by atoms with Crippen LogP contribution >= 0.6 is 58.0 Å². The smallest absolute Gasteiger partial charge is 0.375 e. The average Bonchev–Trinajstić information content (AvgIpc) is 3.71. The summed E-state index contributed by atoms with van der Waals surface area (Å²) in [5.41, 5.74) is -2.20. The predicted octanol–water partition coefficient (Wildman–Crippen LogP) is 10.0. The van der Waals surface area contributed by atoms with Gasteiger partial charge in [-0.2, -0.15) is 0 Å². The number of aromatic hydroxyl groups is 1. The zero-order valence-corrected chi connectivity index (χ0v) is 32.3. The Morgan fingerprint density at radius 3 is 2.35 bits per heavy atom. The van der Waals surface area contributed by atoms with Gasteiger partial charge in [-0.15, -0.1) is 23.2 Å². The molecule has 276 valence electrons. The number of Topliss-reactive ketones (excluding diaryl/α,β-unsaturated/α-hetero) is 1. The van der Waals surface area contributed by atoms with Crippen molar-refractivity contribution < 1.29 is 38.5 Å². The Morgan fingerprint density at radius 2 is 1.71 bits per heavy atom. The number of rotatable bonds is 6. The largest absolute Gasteiger partial charge is 0.504 e. The third-order valence-electron chi connectivity index (χ3n) is 11.7. The summed E-state index contributed by atoms with van der Waals surface area (Å²) in [4.78, 5) is 37.7. The first kappa shape index (κ1) is 38.7. The number of aliphatic hydroxyl groups excluding tert-OH is 1. The Hall–Kier alpha value is -2.98. The summed E-state index contributed by atoms with van der Waals surface area (Å²) in [7, 11) is 0. The molecule has 4 aliphatic rings. The van der Waals surface area contributed by atoms with Crippen molar-refractivity contribution in [2.24, 2.45) is 28.6 Å². The average molecular weight is 811 g/mol. The summed E-state index contributed by atoms with van der Waals surface area (Å²) < 4.78 is 16.8. The first-order valence-electron chi connectivity index (χ1n) is 16.8. The SMILES string of the molecule is C[C@@H]1C[C@H]2[C@@H]3CCC4=CC(=O)C=C[C@]4(C)[C@@]3(Cl)[C@@H](O)C[C@]2(C)[C@@]1(OC(=O)c1ccco1)C(=O)CCl.Oc1cc(Cl)ccc1Oc1ccc(Cl)cc1Cl. The Kier molecular flexibility index (Phi) is 10.7. The molecule has 3 saturated carbocycles. The summed E-state index contributed by atoms with van der Waals surface area (Å²) >= 11 is 31.0. The number of esters is 1. The molecule has 0 unspecified atom stereocenters. The molecule has 3 fully saturated rings. The van der Waals surface area contributed by atoms with Gasteiger partial charge in [0.25, 0.3) is 0 Å². The second-order valence-electron chi connectivity index (χ2n) is 14.3. The minimum absolute atomic E-state index is 0.00557. The molecule has 4 aliphatic carbocycles. The number of aliphatic hydroxyl groups is 1. The lowest BCUT2D eigenvalue weighted by atomic mass is 9.45. The van der Waals surface area contributed by atoms with Crippen molar-refractivity contribution in [2.45, 2.75) is 63.0 Å². The fraction of sp³-hybridized carbons (Fsp3) is 0.410. The van der Waals surface area contributed by atoms with Gasteiger partial charge in [0, 0.05) is 32.9 Å². The van der Waals surface area contributed by atoms with Gasteiger partial charge in [0.1, 0.15) is 5.75 Å². The quantitative estimate of drug-likeness (QED) is 0.186. The van der Waals surface area contributed by atoms with E-state index < -0.39 is 33.4 Å². The molecule has 7 rings (SSSR count). The number of hydrogen-bond acceptors (Lipinski definition) is 8. The Balaban J connectivity index is 0.000000229. The van der Waals surface area contributed by atoms with E-state index in [0.717, 1.165) is 5.57 Å². The number of ketones is 2. The van der Waals surface area contributed by atoms with Crippen LogP contribution in [0.15, 0.2) is 83.0 Å². The number of allylic oxidation sites excluding steroid dienone is 4. The van der Waals surface area contributed by atoms with Crippen molar-refractivity contribution in [3.05, 3.63) is 99.4 Å². The maximum atomic E-state index is 13.6. The van der Waals surface area contributed by atoms with E-state index in [2.05, 4.69) is 0 Å². The van der Waals surface area contributed by atoms with Crippen LogP contribution in [0.1, 0.15) is 57.0 Å². The van der Waals surface area contributed by atoms with Gasteiger partial charge in [-0.05, 0) is 92.1 Å². The molecule has 8 nitrogen and oxygen atoms in total. The highest BCUT2D eigenvalue weighted by atomic mass is 35.5. The van der Waals surface area contributed by atoms with Crippen LogP contribution in [0.5, 0.6) is 17.2 Å². The van der Waals surface area contributed by atoms with Crippen molar-refractivity contribution in [2.75, 3.05) is 5.88 Å². The van der Waals surface area contributed by atoms with Gasteiger partial charge in [0.2, 0.25) is 5.76 Å². The predicted molar refractivity (Wildman–Crippen MR) is 200 cm³/mol. The van der Waals surface area contributed by atoms with Crippen LogP contribution in [0.25, 0.3) is 0 Å². The molecule has 0 radical (unpaired) electrons. The number of furan rings is 1. The lowest BCUT2D eigenvalue weighted by Crippen LogP contribution is -2.69. The van der Waals surface area contributed by atoms with Crippen molar-refractivity contribution in [3.8, 4) is 17.2 Å². The van der Waals surface area contributed by atoms with Crippen LogP contribution in [0.4, 0.5) is 0 Å². The molecule has 0 aliphatic heterocycles. The number of alkyl halides is 2. The number of phenols is 1. The first-order valence-corrected chi connectivity index (χ1v) is 18.8. The van der Waals surface area contributed by atoms with Gasteiger partial charge in [-0.3, -0.25) is 9.59 Å². The fourth-order valence-electron chi connectivity index (χ4n) is 9.34. The summed E-state index contributed by atoms with van der Waals surface area (Å²) in [6.07, 6.45) is 7.44. The highest BCUT2D eigenvalue weighted by Crippen LogP contribution is 2.72. The maximum absolute atomic E-state index is 13.6. The van der Waals surface area contributed by atoms with Crippen molar-refractivity contribution in [1.82, 2.24) is 0 Å². The van der Waals surface area contributed by atoms with Crippen LogP contribution in [0.3, 0.4) is 0 Å². The Morgan fingerprint density at radius 1 is 1.02 bits per heavy atom. The van der Waals surface area contributed by atoms with Gasteiger partial charge >= 0.3 is 5.97 Å². The van der Waals surface area contributed by atoms with Crippen LogP contribution in [-0.4, -0.2) is 50.2 Å². The van der Waals surface area contributed by atoms with Crippen LogP contribution in [0, 0.1) is 28.6 Å². The molecule has 0 amide bonds. The molecule has 0 saturated heterocycles. The van der Waals surface area contributed by atoms with E-state index in [9.17, 15) is 24.6 Å². The van der Waals surface area contributed by atoms with Gasteiger partial charge < -0.3 is 24.1 Å². The van der Waals surface area contributed by atoms with E-state index in [4.69, 9.17) is 71.9 Å². The number of benzene rings is 2. The molecule has 8 atom stereocenters. The minimum atomic E-state index is -1.53. The Labute approximate surface area is 326 Å². The summed E-state index contributed by atoms with van der Waals surface area (Å²) in [5.74, 6) is -1.49. The molecule has 2 aromatic carbocycles. The molecule has 13 heteroatoms. The number of carbonyl (C=O) groups is 3. The first-order chi connectivity index (χ1) is 24.5. The second-order valence-corrected chi connectivity index (χ2v) is 16.5. The van der Waals surface area contributed by atoms with Gasteiger partial charge in [0.05, 0.1) is 28.1 Å². The normalized spacial score (nSPS) is 33.1. The number of ether oxygens (including phenoxy) is 2. The summed E-state index contributed by atoms with van der Waals surface area (Å²) in [6.45, 7) is 5.81. The van der Waals surface area contributed by atoms with Crippen molar-refractivity contribution >= 4 is 75.5 Å². The van der Waals surface area contributed by atoms with Crippen LogP contribution in [-0.2, 0) is 14.3 Å². The van der Waals surface area contributed by atoms with Crippen molar-refractivity contribution in [1.29, 1.82) is 0 Å². The number of halogens is 5. The molecule has 1 heterocycles. The molecule has 0 bridgehead atoms. The van der Waals surface area contributed by atoms with E-state index >= 15 is 0 Å². The lowest BCUT2D eigenvalue weighted by Gasteiger charge is -2.64. The Bertz CT molecular complexity index is 1910. The molecule has 52 heavy (non-hydrogen) atoms. The monoisotopic (exact) mass is 808 g/mol. The van der Waals surface area contributed by atoms with Crippen LogP contribution in [0.2, 0.25) is 15.1 Å². The maximum Gasteiger partial charge on any atom is 0.375 e. The zero-order valence-electron chi connectivity index (χ0n) is 28.5.